The molecule has 0 aliphatic rings. The maximum absolute atomic E-state index is 4.60. The molecule has 0 N–H and O–H groups in total. The van der Waals surface area contributed by atoms with Gasteiger partial charge in [0.15, 0.2) is 0 Å². The molecule has 0 spiro atoms. The summed E-state index contributed by atoms with van der Waals surface area (Å²) in [6.45, 7) is 4.71. The monoisotopic (exact) mass is 321 g/mol. The second-order valence-corrected chi connectivity index (χ2v) is 11.0. The van der Waals surface area contributed by atoms with Gasteiger partial charge in [0.25, 0.3) is 0 Å². The fraction of sp³-hybridized carbons (Fsp3) is 0.105. The lowest BCUT2D eigenvalue weighted by Crippen LogP contribution is -2.41. The summed E-state index contributed by atoms with van der Waals surface area (Å²) in [5.74, 6) is 0. The van der Waals surface area contributed by atoms with E-state index in [1.807, 2.05) is 12.3 Å². The van der Waals surface area contributed by atoms with Crippen LogP contribution in [0.15, 0.2) is 77.9 Å². The molecule has 0 unspecified atom stereocenters. The quantitative estimate of drug-likeness (QED) is 0.633. The highest BCUT2D eigenvalue weighted by molar-refractivity contribution is 7.11. The number of hydrogen-bond donors (Lipinski definition) is 0. The van der Waals surface area contributed by atoms with Gasteiger partial charge >= 0.3 is 0 Å². The molecule has 3 rings (SSSR count). The van der Waals surface area contributed by atoms with Gasteiger partial charge in [-0.2, -0.15) is 0 Å². The SMILES string of the molecule is C[Si](C)(/C=C(/c1ccccc1)c1cccs1)c1ccccn1. The van der Waals surface area contributed by atoms with Gasteiger partial charge in [-0.25, -0.2) is 0 Å². The minimum atomic E-state index is -1.75. The van der Waals surface area contributed by atoms with Gasteiger partial charge in [0.1, 0.15) is 8.07 Å². The van der Waals surface area contributed by atoms with Crippen molar-refractivity contribution in [3.63, 3.8) is 0 Å². The first-order valence-corrected chi connectivity index (χ1v) is 11.4. The molecule has 3 heteroatoms. The van der Waals surface area contributed by atoms with E-state index < -0.39 is 8.07 Å². The molecule has 22 heavy (non-hydrogen) atoms. The number of hydrogen-bond acceptors (Lipinski definition) is 2. The molecule has 0 fully saturated rings. The molecular formula is C19H19NSSi. The third-order valence-electron chi connectivity index (χ3n) is 3.70. The summed E-state index contributed by atoms with van der Waals surface area (Å²) in [4.78, 5) is 5.92. The van der Waals surface area contributed by atoms with Crippen molar-refractivity contribution in [2.45, 2.75) is 13.1 Å². The van der Waals surface area contributed by atoms with Gasteiger partial charge in [-0.3, -0.25) is 4.98 Å². The normalized spacial score (nSPS) is 12.4. The van der Waals surface area contributed by atoms with Gasteiger partial charge in [-0.05, 0) is 34.7 Å². The van der Waals surface area contributed by atoms with Crippen LogP contribution in [0.4, 0.5) is 0 Å². The van der Waals surface area contributed by atoms with Crippen molar-refractivity contribution in [1.29, 1.82) is 0 Å². The van der Waals surface area contributed by atoms with E-state index in [0.717, 1.165) is 0 Å². The molecule has 0 bridgehead atoms. The summed E-state index contributed by atoms with van der Waals surface area (Å²) in [6.07, 6.45) is 1.89. The lowest BCUT2D eigenvalue weighted by molar-refractivity contribution is 1.37. The first kappa shape index (κ1) is 14.9. The first-order valence-electron chi connectivity index (χ1n) is 7.40. The number of rotatable bonds is 4. The Kier molecular flexibility index (Phi) is 4.36. The van der Waals surface area contributed by atoms with Gasteiger partial charge in [-0.15, -0.1) is 11.3 Å². The Balaban J connectivity index is 2.10. The fourth-order valence-corrected chi connectivity index (χ4v) is 5.52. The number of benzene rings is 1. The van der Waals surface area contributed by atoms with E-state index in [1.54, 1.807) is 11.3 Å². The van der Waals surface area contributed by atoms with Crippen molar-refractivity contribution in [2.75, 3.05) is 0 Å². The van der Waals surface area contributed by atoms with Gasteiger partial charge in [-0.1, -0.05) is 61.3 Å². The zero-order valence-corrected chi connectivity index (χ0v) is 14.7. The summed E-state index contributed by atoms with van der Waals surface area (Å²) in [7, 11) is -1.75. The van der Waals surface area contributed by atoms with Gasteiger partial charge in [0.2, 0.25) is 0 Å². The minimum absolute atomic E-state index is 1.22. The van der Waals surface area contributed by atoms with E-state index in [1.165, 1.54) is 21.3 Å². The lowest BCUT2D eigenvalue weighted by atomic mass is 10.1. The first-order chi connectivity index (χ1) is 10.7. The van der Waals surface area contributed by atoms with E-state index >= 15 is 0 Å². The summed E-state index contributed by atoms with van der Waals surface area (Å²) < 4.78 is 0. The topological polar surface area (TPSA) is 12.9 Å². The molecule has 1 nitrogen and oxygen atoms in total. The zero-order valence-electron chi connectivity index (χ0n) is 12.9. The number of thiophene rings is 1. The Bertz CT molecular complexity index is 747. The third-order valence-corrected chi connectivity index (χ3v) is 7.23. The molecule has 0 amide bonds. The molecule has 2 heterocycles. The summed E-state index contributed by atoms with van der Waals surface area (Å²) in [6, 6.07) is 21.2. The Morgan fingerprint density at radius 3 is 2.36 bits per heavy atom. The standard InChI is InChI=1S/C19H19NSSi/c1-22(2,19-12-6-7-13-20-19)15-17(18-11-8-14-21-18)16-9-4-3-5-10-16/h3-15H,1-2H3/b17-15-. The largest absolute Gasteiger partial charge is 0.266 e. The number of nitrogens with zero attached hydrogens (tertiary/aromatic N) is 1. The maximum atomic E-state index is 4.60. The predicted octanol–water partition coefficient (Wildman–Crippen LogP) is 4.73. The molecule has 0 aliphatic heterocycles. The van der Waals surface area contributed by atoms with Crippen LogP contribution in [0.25, 0.3) is 5.57 Å². The van der Waals surface area contributed by atoms with Crippen LogP contribution >= 0.6 is 11.3 Å². The highest BCUT2D eigenvalue weighted by Crippen LogP contribution is 2.28. The second-order valence-electron chi connectivity index (χ2n) is 5.84. The Hall–Kier alpha value is -1.97. The van der Waals surface area contributed by atoms with Crippen LogP contribution in [0, 0.1) is 0 Å². The summed E-state index contributed by atoms with van der Waals surface area (Å²) in [5, 5.41) is 3.36. The zero-order chi connectivity index (χ0) is 15.4. The predicted molar refractivity (Wildman–Crippen MR) is 99.2 cm³/mol. The highest BCUT2D eigenvalue weighted by Gasteiger charge is 2.24. The van der Waals surface area contributed by atoms with Crippen LogP contribution in [0.1, 0.15) is 10.4 Å². The summed E-state index contributed by atoms with van der Waals surface area (Å²) >= 11 is 1.80. The van der Waals surface area contributed by atoms with E-state index in [-0.39, 0.29) is 0 Å². The molecule has 0 aliphatic carbocycles. The molecular weight excluding hydrogens is 302 g/mol. The molecule has 0 saturated heterocycles. The van der Waals surface area contributed by atoms with E-state index in [9.17, 15) is 0 Å². The minimum Gasteiger partial charge on any atom is -0.266 e. The Labute approximate surface area is 137 Å². The molecule has 0 atom stereocenters. The van der Waals surface area contributed by atoms with Crippen LogP contribution in [0.5, 0.6) is 0 Å². The second kappa shape index (κ2) is 6.42. The Morgan fingerprint density at radius 2 is 1.73 bits per heavy atom. The van der Waals surface area contributed by atoms with Crippen molar-refractivity contribution < 1.29 is 0 Å². The van der Waals surface area contributed by atoms with Gasteiger partial charge in [0.05, 0.1) is 0 Å². The third kappa shape index (κ3) is 3.26. The molecule has 1 aromatic carbocycles. The summed E-state index contributed by atoms with van der Waals surface area (Å²) in [5.41, 5.74) is 5.08. The molecule has 2 aromatic heterocycles. The smallest absolute Gasteiger partial charge is 0.128 e. The maximum Gasteiger partial charge on any atom is 0.128 e. The van der Waals surface area contributed by atoms with Crippen molar-refractivity contribution in [3.05, 3.63) is 88.4 Å². The average molecular weight is 322 g/mol. The average Bonchev–Trinajstić information content (AvgIpc) is 3.09. The van der Waals surface area contributed by atoms with Crippen molar-refractivity contribution in [1.82, 2.24) is 4.98 Å². The van der Waals surface area contributed by atoms with Crippen LogP contribution < -0.4 is 5.32 Å². The Morgan fingerprint density at radius 1 is 0.955 bits per heavy atom. The molecule has 110 valence electrons. The molecule has 0 radical (unpaired) electrons. The van der Waals surface area contributed by atoms with Crippen LogP contribution in [-0.2, 0) is 0 Å². The van der Waals surface area contributed by atoms with Gasteiger partial charge < -0.3 is 0 Å². The van der Waals surface area contributed by atoms with E-state index in [0.29, 0.717) is 0 Å². The molecule has 0 saturated carbocycles. The van der Waals surface area contributed by atoms with Crippen molar-refractivity contribution >= 4 is 30.3 Å². The molecule has 3 aromatic rings. The fourth-order valence-electron chi connectivity index (χ4n) is 2.52. The lowest BCUT2D eigenvalue weighted by Gasteiger charge is -2.19. The van der Waals surface area contributed by atoms with Crippen molar-refractivity contribution in [3.8, 4) is 0 Å². The number of pyridine rings is 1. The van der Waals surface area contributed by atoms with Gasteiger partial charge in [0, 0.05) is 16.4 Å². The van der Waals surface area contributed by atoms with Crippen LogP contribution in [-0.4, -0.2) is 13.1 Å². The highest BCUT2D eigenvalue weighted by atomic mass is 32.1. The van der Waals surface area contributed by atoms with Crippen molar-refractivity contribution in [2.24, 2.45) is 0 Å². The van der Waals surface area contributed by atoms with Crippen LogP contribution in [0.3, 0.4) is 0 Å². The van der Waals surface area contributed by atoms with E-state index in [4.69, 9.17) is 0 Å². The number of aromatic nitrogens is 1. The van der Waals surface area contributed by atoms with E-state index in [2.05, 4.69) is 83.8 Å². The van der Waals surface area contributed by atoms with Crippen LogP contribution in [0.2, 0.25) is 13.1 Å².